The molecule has 0 unspecified atom stereocenters. The van der Waals surface area contributed by atoms with Crippen LogP contribution in [0.2, 0.25) is 0 Å². The molecule has 2 N–H and O–H groups in total. The first-order valence-electron chi connectivity index (χ1n) is 5.13. The molecule has 0 aliphatic heterocycles. The molecule has 0 heterocycles. The van der Waals surface area contributed by atoms with E-state index in [4.69, 9.17) is 0 Å². The second kappa shape index (κ2) is 7.66. The summed E-state index contributed by atoms with van der Waals surface area (Å²) in [6.07, 6.45) is 1.47. The molecule has 0 saturated heterocycles. The first kappa shape index (κ1) is 17.8. The van der Waals surface area contributed by atoms with Crippen LogP contribution in [0.4, 0.5) is 11.4 Å². The molecule has 0 aliphatic carbocycles. The normalized spacial score (nSPS) is 9.65. The molecule has 0 bridgehead atoms. The zero-order valence-electron chi connectivity index (χ0n) is 10.3. The molecular weight excluding hydrogens is 603 g/mol. The van der Waals surface area contributed by atoms with E-state index in [2.05, 4.69) is 15.6 Å². The average molecular weight is 611 g/mol. The molecule has 1 rings (SSSR count). The van der Waals surface area contributed by atoms with Gasteiger partial charge in [0.05, 0.1) is 22.0 Å². The fourth-order valence-corrected chi connectivity index (χ4v) is 5.57. The van der Waals surface area contributed by atoms with E-state index in [1.807, 2.05) is 67.8 Å². The molecule has 9 heteroatoms. The van der Waals surface area contributed by atoms with Crippen LogP contribution in [0.3, 0.4) is 0 Å². The summed E-state index contributed by atoms with van der Waals surface area (Å²) >= 11 is 5.90. The summed E-state index contributed by atoms with van der Waals surface area (Å²) in [4.78, 5) is 37.5. The maximum Gasteiger partial charge on any atom is 0.253 e. The number of carbonyl (C=O) groups is 2. The minimum absolute atomic E-state index is 0.272. The maximum absolute atomic E-state index is 12.0. The number of hydrogen-bond acceptors (Lipinski definition) is 4. The predicted molar refractivity (Wildman–Crippen MR) is 100 cm³/mol. The zero-order valence-corrected chi connectivity index (χ0v) is 16.8. The van der Waals surface area contributed by atoms with Gasteiger partial charge in [-0.3, -0.25) is 9.59 Å². The van der Waals surface area contributed by atoms with Gasteiger partial charge in [-0.25, -0.2) is 4.79 Å². The predicted octanol–water partition coefficient (Wildman–Crippen LogP) is 2.79. The summed E-state index contributed by atoms with van der Waals surface area (Å²) < 4.78 is 1.71. The number of isocyanates is 1. The van der Waals surface area contributed by atoms with Crippen molar-refractivity contribution in [1.29, 1.82) is 0 Å². The molecule has 0 spiro atoms. The van der Waals surface area contributed by atoms with Gasteiger partial charge in [-0.05, 0) is 67.8 Å². The molecule has 2 amide bonds. The van der Waals surface area contributed by atoms with Gasteiger partial charge in [0.1, 0.15) is 5.69 Å². The van der Waals surface area contributed by atoms with Crippen molar-refractivity contribution < 1.29 is 14.4 Å². The molecule has 6 nitrogen and oxygen atoms in total. The Bertz CT molecular complexity index is 640. The lowest BCUT2D eigenvalue weighted by molar-refractivity contribution is -0.114. The van der Waals surface area contributed by atoms with Crippen LogP contribution < -0.4 is 10.6 Å². The van der Waals surface area contributed by atoms with Gasteiger partial charge in [0.25, 0.3) is 5.91 Å². The number of halogens is 3. The summed E-state index contributed by atoms with van der Waals surface area (Å²) in [5, 5.41) is 5.19. The van der Waals surface area contributed by atoms with Crippen molar-refractivity contribution in [2.75, 3.05) is 12.4 Å². The average Bonchev–Trinajstić information content (AvgIpc) is 2.39. The standard InChI is InChI=1S/C11H8I3N3O3/c1-4(19)17-10-7(13)5(11(20)15-2)6(12)9(8(10)14)16-3-18/h1-2H3,(H,15,20)(H,17,19). The summed E-state index contributed by atoms with van der Waals surface area (Å²) in [5.74, 6) is -0.588. The Labute approximate surface area is 156 Å². The molecular formula is C11H8I3N3O3. The fraction of sp³-hybridized carbons (Fsp3) is 0.182. The maximum atomic E-state index is 12.0. The Morgan fingerprint density at radius 3 is 2.20 bits per heavy atom. The summed E-state index contributed by atoms with van der Waals surface area (Å²) in [6.45, 7) is 1.37. The Morgan fingerprint density at radius 1 is 1.15 bits per heavy atom. The van der Waals surface area contributed by atoms with Crippen molar-refractivity contribution in [3.8, 4) is 0 Å². The van der Waals surface area contributed by atoms with Crippen LogP contribution in [0, 0.1) is 10.7 Å². The summed E-state index contributed by atoms with van der Waals surface area (Å²) in [5.41, 5.74) is 1.16. The first-order valence-corrected chi connectivity index (χ1v) is 8.36. The van der Waals surface area contributed by atoms with Crippen LogP contribution in [0.15, 0.2) is 4.99 Å². The van der Waals surface area contributed by atoms with E-state index in [0.29, 0.717) is 27.6 Å². The topological polar surface area (TPSA) is 87.6 Å². The zero-order chi connectivity index (χ0) is 15.4. The van der Waals surface area contributed by atoms with Crippen molar-refractivity contribution in [2.45, 2.75) is 6.92 Å². The van der Waals surface area contributed by atoms with Crippen molar-refractivity contribution in [3.05, 3.63) is 16.3 Å². The summed E-state index contributed by atoms with van der Waals surface area (Å²) in [6, 6.07) is 0. The number of amides is 2. The van der Waals surface area contributed by atoms with Crippen LogP contribution in [0.25, 0.3) is 0 Å². The van der Waals surface area contributed by atoms with Crippen molar-refractivity contribution in [3.63, 3.8) is 0 Å². The van der Waals surface area contributed by atoms with E-state index in [0.717, 1.165) is 0 Å². The monoisotopic (exact) mass is 611 g/mol. The van der Waals surface area contributed by atoms with E-state index in [1.165, 1.54) is 20.1 Å². The highest BCUT2D eigenvalue weighted by atomic mass is 127. The van der Waals surface area contributed by atoms with E-state index in [-0.39, 0.29) is 11.8 Å². The van der Waals surface area contributed by atoms with Gasteiger partial charge in [0.2, 0.25) is 12.0 Å². The molecule has 0 aliphatic rings. The van der Waals surface area contributed by atoms with Gasteiger partial charge in [-0.2, -0.15) is 4.99 Å². The molecule has 20 heavy (non-hydrogen) atoms. The largest absolute Gasteiger partial charge is 0.355 e. The number of hydrogen-bond donors (Lipinski definition) is 2. The van der Waals surface area contributed by atoms with Gasteiger partial charge in [-0.1, -0.05) is 0 Å². The lowest BCUT2D eigenvalue weighted by Gasteiger charge is -2.16. The lowest BCUT2D eigenvalue weighted by Crippen LogP contribution is -2.22. The van der Waals surface area contributed by atoms with Gasteiger partial charge in [0.15, 0.2) is 0 Å². The highest BCUT2D eigenvalue weighted by Crippen LogP contribution is 2.40. The van der Waals surface area contributed by atoms with Crippen molar-refractivity contribution in [1.82, 2.24) is 5.32 Å². The molecule has 1 aromatic rings. The fourth-order valence-electron chi connectivity index (χ4n) is 1.40. The van der Waals surface area contributed by atoms with Crippen LogP contribution >= 0.6 is 67.8 Å². The number of aliphatic imine (C=N–C) groups is 1. The molecule has 0 fully saturated rings. The van der Waals surface area contributed by atoms with Gasteiger partial charge >= 0.3 is 0 Å². The molecule has 0 radical (unpaired) electrons. The minimum atomic E-state index is -0.316. The molecule has 1 aromatic carbocycles. The molecule has 0 saturated carbocycles. The quantitative estimate of drug-likeness (QED) is 0.314. The van der Waals surface area contributed by atoms with E-state index in [9.17, 15) is 14.4 Å². The van der Waals surface area contributed by atoms with Crippen LogP contribution in [-0.2, 0) is 9.59 Å². The number of anilines is 1. The highest BCUT2D eigenvalue weighted by molar-refractivity contribution is 14.1. The van der Waals surface area contributed by atoms with E-state index in [1.54, 1.807) is 0 Å². The smallest absolute Gasteiger partial charge is 0.253 e. The number of benzene rings is 1. The molecule has 106 valence electrons. The number of nitrogens with one attached hydrogen (secondary N) is 2. The Morgan fingerprint density at radius 2 is 1.75 bits per heavy atom. The third-order valence-electron chi connectivity index (χ3n) is 2.21. The summed E-state index contributed by atoms with van der Waals surface area (Å²) in [7, 11) is 1.51. The van der Waals surface area contributed by atoms with Gasteiger partial charge in [-0.15, -0.1) is 0 Å². The second-order valence-electron chi connectivity index (χ2n) is 3.50. The van der Waals surface area contributed by atoms with Crippen LogP contribution in [0.1, 0.15) is 17.3 Å². The van der Waals surface area contributed by atoms with Crippen molar-refractivity contribution >= 4 is 97.0 Å². The Kier molecular flexibility index (Phi) is 6.81. The first-order chi connectivity index (χ1) is 9.34. The van der Waals surface area contributed by atoms with E-state index < -0.39 is 0 Å². The molecule has 0 atom stereocenters. The second-order valence-corrected chi connectivity index (χ2v) is 6.74. The number of carbonyl (C=O) groups excluding carboxylic acids is 3. The molecule has 0 aromatic heterocycles. The Hall–Kier alpha value is -0.270. The minimum Gasteiger partial charge on any atom is -0.355 e. The highest BCUT2D eigenvalue weighted by Gasteiger charge is 2.24. The van der Waals surface area contributed by atoms with Crippen LogP contribution in [0.5, 0.6) is 0 Å². The number of nitrogens with zero attached hydrogens (tertiary/aromatic N) is 1. The van der Waals surface area contributed by atoms with Crippen LogP contribution in [-0.4, -0.2) is 24.9 Å². The van der Waals surface area contributed by atoms with Gasteiger partial charge < -0.3 is 10.6 Å². The SMILES string of the molecule is CNC(=O)c1c(I)c(N=C=O)c(I)c(NC(C)=O)c1I. The Balaban J connectivity index is 3.77. The number of rotatable bonds is 3. The third-order valence-corrected chi connectivity index (χ3v) is 5.39. The van der Waals surface area contributed by atoms with Gasteiger partial charge in [0, 0.05) is 14.0 Å². The van der Waals surface area contributed by atoms with E-state index >= 15 is 0 Å². The van der Waals surface area contributed by atoms with Crippen molar-refractivity contribution in [2.24, 2.45) is 4.99 Å². The third kappa shape index (κ3) is 3.68. The lowest BCUT2D eigenvalue weighted by atomic mass is 10.1.